The predicted molar refractivity (Wildman–Crippen MR) is 141 cm³/mol. The molecule has 5 nitrogen and oxygen atoms in total. The fourth-order valence-corrected chi connectivity index (χ4v) is 5.44. The fraction of sp³-hybridized carbons (Fsp3) is 0.621. The summed E-state index contributed by atoms with van der Waals surface area (Å²) in [6.45, 7) is 11.2. The molecule has 2 aliphatic rings. The van der Waals surface area contributed by atoms with Crippen molar-refractivity contribution in [3.8, 4) is 17.0 Å². The van der Waals surface area contributed by atoms with E-state index in [1.54, 1.807) is 7.11 Å². The molecule has 1 saturated heterocycles. The summed E-state index contributed by atoms with van der Waals surface area (Å²) in [7, 11) is 1.71. The van der Waals surface area contributed by atoms with Crippen LogP contribution in [-0.4, -0.2) is 35.7 Å². The van der Waals surface area contributed by atoms with Crippen molar-refractivity contribution >= 4 is 5.91 Å². The molecule has 188 valence electrons. The van der Waals surface area contributed by atoms with Gasteiger partial charge in [0.2, 0.25) is 0 Å². The Morgan fingerprint density at radius 1 is 1.03 bits per heavy atom. The van der Waals surface area contributed by atoms with Crippen LogP contribution in [0.4, 0.5) is 0 Å². The number of rotatable bonds is 7. The van der Waals surface area contributed by atoms with Crippen molar-refractivity contribution in [1.82, 2.24) is 15.0 Å². The Morgan fingerprint density at radius 2 is 1.71 bits per heavy atom. The van der Waals surface area contributed by atoms with Gasteiger partial charge in [0.25, 0.3) is 5.91 Å². The molecule has 1 aliphatic carbocycles. The van der Waals surface area contributed by atoms with Crippen LogP contribution in [0.2, 0.25) is 0 Å². The average Bonchev–Trinajstić information content (AvgIpc) is 3.25. The molecule has 0 radical (unpaired) electrons. The molecule has 1 aromatic carbocycles. The Balaban J connectivity index is 0.00000158. The van der Waals surface area contributed by atoms with E-state index < -0.39 is 0 Å². The molecule has 0 unspecified atom stereocenters. The molecule has 34 heavy (non-hydrogen) atoms. The number of piperidine rings is 1. The average molecular weight is 468 g/mol. The summed E-state index contributed by atoms with van der Waals surface area (Å²) in [6, 6.07) is 8.37. The highest BCUT2D eigenvalue weighted by Gasteiger charge is 2.25. The number of methoxy groups -OCH3 is 1. The molecule has 1 saturated carbocycles. The summed E-state index contributed by atoms with van der Waals surface area (Å²) in [4.78, 5) is 13.4. The van der Waals surface area contributed by atoms with Crippen LogP contribution in [0.1, 0.15) is 93.8 Å². The van der Waals surface area contributed by atoms with Crippen LogP contribution in [0.3, 0.4) is 0 Å². The van der Waals surface area contributed by atoms with Crippen LogP contribution >= 0.6 is 0 Å². The van der Waals surface area contributed by atoms with Crippen molar-refractivity contribution in [2.75, 3.05) is 20.2 Å². The number of nitrogens with zero attached hydrogens (tertiary/aromatic N) is 2. The van der Waals surface area contributed by atoms with Gasteiger partial charge >= 0.3 is 0 Å². The molecule has 0 bridgehead atoms. The monoisotopic (exact) mass is 467 g/mol. The number of amides is 1. The summed E-state index contributed by atoms with van der Waals surface area (Å²) < 4.78 is 7.98. The van der Waals surface area contributed by atoms with Crippen molar-refractivity contribution in [2.24, 2.45) is 5.92 Å². The first-order valence-electron chi connectivity index (χ1n) is 13.5. The molecule has 1 aliphatic heterocycles. The molecule has 5 heteroatoms. The Labute approximate surface area is 206 Å². The second-order valence-electron chi connectivity index (χ2n) is 9.53. The van der Waals surface area contributed by atoms with Crippen LogP contribution in [0.15, 0.2) is 24.3 Å². The number of hydrazine groups is 1. The number of hydrogen-bond acceptors (Lipinski definition) is 3. The number of ether oxygens (including phenoxy) is 1. The van der Waals surface area contributed by atoms with E-state index in [0.29, 0.717) is 5.92 Å². The minimum atomic E-state index is 0.0351. The standard InChI is InChI=1S/C27H39N3O2.C2H6/c1-4-25-24(27(31)28-29-15-9-6-10-16-29)18-26(23-17-22(32-3)14-13-20(23)2)30(25)19-21-11-7-5-8-12-21;1-2/h13-14,17-18,21H,4-12,15-16,19H2,1-3H3,(H,28,31);1-2H3. The molecule has 4 rings (SSSR count). The van der Waals surface area contributed by atoms with Crippen molar-refractivity contribution in [3.63, 3.8) is 0 Å². The lowest BCUT2D eigenvalue weighted by molar-refractivity contribution is 0.0749. The van der Waals surface area contributed by atoms with Gasteiger partial charge in [0.15, 0.2) is 0 Å². The van der Waals surface area contributed by atoms with Crippen molar-refractivity contribution < 1.29 is 9.53 Å². The van der Waals surface area contributed by atoms with Gasteiger partial charge in [0.1, 0.15) is 5.75 Å². The molecule has 2 fully saturated rings. The molecule has 2 heterocycles. The minimum absolute atomic E-state index is 0.0351. The largest absolute Gasteiger partial charge is 0.497 e. The van der Waals surface area contributed by atoms with Gasteiger partial charge < -0.3 is 9.30 Å². The summed E-state index contributed by atoms with van der Waals surface area (Å²) in [5.74, 6) is 1.57. The van der Waals surface area contributed by atoms with Crippen LogP contribution in [0.25, 0.3) is 11.3 Å². The first kappa shape index (κ1) is 26.3. The van der Waals surface area contributed by atoms with E-state index >= 15 is 0 Å². The summed E-state index contributed by atoms with van der Waals surface area (Å²) in [5.41, 5.74) is 8.69. The maximum atomic E-state index is 13.4. The number of carbonyl (C=O) groups excluding carboxylic acids is 1. The first-order valence-corrected chi connectivity index (χ1v) is 13.5. The van der Waals surface area contributed by atoms with Crippen LogP contribution < -0.4 is 10.2 Å². The number of aryl methyl sites for hydroxylation is 1. The van der Waals surface area contributed by atoms with Gasteiger partial charge in [0.05, 0.1) is 12.7 Å². The summed E-state index contributed by atoms with van der Waals surface area (Å²) >= 11 is 0. The highest BCUT2D eigenvalue weighted by Crippen LogP contribution is 2.34. The van der Waals surface area contributed by atoms with Gasteiger partial charge in [-0.25, -0.2) is 5.01 Å². The van der Waals surface area contributed by atoms with Gasteiger partial charge in [-0.2, -0.15) is 0 Å². The van der Waals surface area contributed by atoms with Crippen molar-refractivity contribution in [2.45, 2.75) is 92.0 Å². The van der Waals surface area contributed by atoms with E-state index in [1.165, 1.54) is 44.1 Å². The fourth-order valence-electron chi connectivity index (χ4n) is 5.44. The van der Waals surface area contributed by atoms with Crippen molar-refractivity contribution in [3.05, 3.63) is 41.1 Å². The summed E-state index contributed by atoms with van der Waals surface area (Å²) in [6.07, 6.45) is 11.0. The van der Waals surface area contributed by atoms with Crippen LogP contribution in [-0.2, 0) is 13.0 Å². The van der Waals surface area contributed by atoms with Gasteiger partial charge in [-0.15, -0.1) is 0 Å². The van der Waals surface area contributed by atoms with Gasteiger partial charge in [-0.05, 0) is 68.7 Å². The number of benzene rings is 1. The van der Waals surface area contributed by atoms with Crippen molar-refractivity contribution in [1.29, 1.82) is 0 Å². The second-order valence-corrected chi connectivity index (χ2v) is 9.53. The number of nitrogens with one attached hydrogen (secondary N) is 1. The second kappa shape index (κ2) is 13.0. The lowest BCUT2D eigenvalue weighted by Gasteiger charge is -2.27. The zero-order valence-electron chi connectivity index (χ0n) is 22.1. The molecule has 1 N–H and O–H groups in total. The maximum absolute atomic E-state index is 13.4. The third kappa shape index (κ3) is 6.24. The lowest BCUT2D eigenvalue weighted by atomic mass is 9.89. The third-order valence-electron chi connectivity index (χ3n) is 7.29. The molecule has 0 atom stereocenters. The topological polar surface area (TPSA) is 46.5 Å². The van der Waals surface area contributed by atoms with Gasteiger partial charge in [-0.1, -0.05) is 52.5 Å². The highest BCUT2D eigenvalue weighted by atomic mass is 16.5. The zero-order chi connectivity index (χ0) is 24.5. The van der Waals surface area contributed by atoms with E-state index in [-0.39, 0.29) is 5.91 Å². The number of aromatic nitrogens is 1. The van der Waals surface area contributed by atoms with E-state index in [2.05, 4.69) is 47.0 Å². The van der Waals surface area contributed by atoms with Crippen LogP contribution in [0.5, 0.6) is 5.75 Å². The predicted octanol–water partition coefficient (Wildman–Crippen LogP) is 6.77. The van der Waals surface area contributed by atoms with Gasteiger partial charge in [-0.3, -0.25) is 10.2 Å². The smallest absolute Gasteiger partial charge is 0.267 e. The Morgan fingerprint density at radius 3 is 2.35 bits per heavy atom. The van der Waals surface area contributed by atoms with Gasteiger partial charge in [0, 0.05) is 36.6 Å². The molecule has 1 aromatic heterocycles. The quantitative estimate of drug-likeness (QED) is 0.489. The van der Waals surface area contributed by atoms with E-state index in [0.717, 1.165) is 67.2 Å². The summed E-state index contributed by atoms with van der Waals surface area (Å²) in [5, 5.41) is 2.10. The number of hydrogen-bond donors (Lipinski definition) is 1. The normalized spacial score (nSPS) is 17.1. The minimum Gasteiger partial charge on any atom is -0.497 e. The third-order valence-corrected chi connectivity index (χ3v) is 7.29. The van der Waals surface area contributed by atoms with E-state index in [1.807, 2.05) is 19.9 Å². The van der Waals surface area contributed by atoms with E-state index in [4.69, 9.17) is 4.74 Å². The molecule has 1 amide bonds. The maximum Gasteiger partial charge on any atom is 0.267 e. The SMILES string of the molecule is CC.CCc1c(C(=O)NN2CCCCC2)cc(-c2cc(OC)ccc2C)n1CC1CCCCC1. The molecular formula is C29H45N3O2. The number of carbonyl (C=O) groups is 1. The molecule has 2 aromatic rings. The zero-order valence-corrected chi connectivity index (χ0v) is 22.1. The Kier molecular flexibility index (Phi) is 10.1. The lowest BCUT2D eigenvalue weighted by Crippen LogP contribution is -2.45. The molecule has 0 spiro atoms. The highest BCUT2D eigenvalue weighted by molar-refractivity contribution is 5.97. The Bertz CT molecular complexity index is 922. The first-order chi connectivity index (χ1) is 16.6. The molecular weight excluding hydrogens is 422 g/mol. The Hall–Kier alpha value is -2.27. The van der Waals surface area contributed by atoms with Crippen LogP contribution in [0, 0.1) is 12.8 Å². The van der Waals surface area contributed by atoms with E-state index in [9.17, 15) is 4.79 Å².